The van der Waals surface area contributed by atoms with Crippen LogP contribution in [-0.2, 0) is 4.74 Å². The Kier molecular flexibility index (Phi) is 8.84. The highest BCUT2D eigenvalue weighted by Gasteiger charge is 2.36. The number of ether oxygens (including phenoxy) is 1. The Balaban J connectivity index is 1.73. The van der Waals surface area contributed by atoms with Crippen LogP contribution < -0.4 is 0 Å². The quantitative estimate of drug-likeness (QED) is 0.438. The molecule has 0 N–H and O–H groups in total. The first-order valence-corrected chi connectivity index (χ1v) is 10.2. The minimum Gasteiger partial charge on any atom is -0.372 e. The number of nitrogens with zero attached hydrogens (tertiary/aromatic N) is 1. The van der Waals surface area contributed by atoms with Crippen LogP contribution in [0.15, 0.2) is 0 Å². The molecule has 0 amide bonds. The van der Waals surface area contributed by atoms with E-state index in [-0.39, 0.29) is 0 Å². The van der Waals surface area contributed by atoms with Gasteiger partial charge in [-0.1, -0.05) is 71.6 Å². The highest BCUT2D eigenvalue weighted by molar-refractivity contribution is 4.88. The maximum absolute atomic E-state index is 6.04. The van der Waals surface area contributed by atoms with Crippen LogP contribution in [0.4, 0.5) is 0 Å². The Morgan fingerprint density at radius 1 is 0.773 bits per heavy atom. The molecule has 2 saturated heterocycles. The third kappa shape index (κ3) is 6.20. The number of hydrogen-bond acceptors (Lipinski definition) is 2. The van der Waals surface area contributed by atoms with Gasteiger partial charge in [-0.15, -0.1) is 0 Å². The molecule has 2 heteroatoms. The van der Waals surface area contributed by atoms with E-state index in [2.05, 4.69) is 18.7 Å². The molecule has 2 fully saturated rings. The molecule has 0 aliphatic carbocycles. The van der Waals surface area contributed by atoms with E-state index in [9.17, 15) is 0 Å². The molecule has 0 spiro atoms. The average Bonchev–Trinajstić information content (AvgIpc) is 2.87. The number of unbranched alkanes of at least 4 members (excludes halogenated alkanes) is 7. The summed E-state index contributed by atoms with van der Waals surface area (Å²) in [6, 6.07) is 0.838. The lowest BCUT2D eigenvalue weighted by Crippen LogP contribution is -2.48. The summed E-state index contributed by atoms with van der Waals surface area (Å²) in [4.78, 5) is 2.80. The summed E-state index contributed by atoms with van der Waals surface area (Å²) in [5, 5.41) is 0. The Morgan fingerprint density at radius 2 is 1.27 bits per heavy atom. The highest BCUT2D eigenvalue weighted by atomic mass is 16.5. The normalized spacial score (nSPS) is 26.5. The molecule has 0 aromatic heterocycles. The van der Waals surface area contributed by atoms with Crippen LogP contribution in [0.5, 0.6) is 0 Å². The molecule has 22 heavy (non-hydrogen) atoms. The van der Waals surface area contributed by atoms with Gasteiger partial charge in [-0.2, -0.15) is 0 Å². The molecule has 2 bridgehead atoms. The number of fused-ring (bicyclic) bond motifs is 2. The van der Waals surface area contributed by atoms with Gasteiger partial charge in [0, 0.05) is 19.1 Å². The van der Waals surface area contributed by atoms with Crippen molar-refractivity contribution in [3.05, 3.63) is 0 Å². The average molecular weight is 310 g/mol. The first-order chi connectivity index (χ1) is 10.8. The van der Waals surface area contributed by atoms with E-state index < -0.39 is 0 Å². The fourth-order valence-corrected chi connectivity index (χ4v) is 4.24. The van der Waals surface area contributed by atoms with Gasteiger partial charge in [0.2, 0.25) is 0 Å². The van der Waals surface area contributed by atoms with Crippen molar-refractivity contribution >= 4 is 0 Å². The molecule has 130 valence electrons. The predicted octanol–water partition coefficient (Wildman–Crippen LogP) is 5.55. The van der Waals surface area contributed by atoms with E-state index in [0.29, 0.717) is 12.2 Å². The van der Waals surface area contributed by atoms with Crippen LogP contribution in [0.1, 0.15) is 97.3 Å². The van der Waals surface area contributed by atoms with Gasteiger partial charge in [-0.05, 0) is 25.7 Å². The maximum Gasteiger partial charge on any atom is 0.0707 e. The summed E-state index contributed by atoms with van der Waals surface area (Å²) in [6.07, 6.45) is 19.3. The molecule has 0 saturated carbocycles. The fraction of sp³-hybridized carbons (Fsp3) is 1.00. The second-order valence-corrected chi connectivity index (χ2v) is 7.62. The first kappa shape index (κ1) is 18.3. The standard InChI is InChI=1S/C20H39NO/c1-3-5-7-9-11-13-18(12-10-8-6-4-2)21-16-19-14-15-20(17-21)22-19/h18-20H,3-17H2,1-2H3. The van der Waals surface area contributed by atoms with Crippen LogP contribution >= 0.6 is 0 Å². The van der Waals surface area contributed by atoms with Crippen LogP contribution in [0.3, 0.4) is 0 Å². The molecule has 3 unspecified atom stereocenters. The van der Waals surface area contributed by atoms with Crippen molar-refractivity contribution in [1.29, 1.82) is 0 Å². The third-order valence-electron chi connectivity index (χ3n) is 5.62. The zero-order valence-electron chi connectivity index (χ0n) is 15.2. The predicted molar refractivity (Wildman–Crippen MR) is 95.4 cm³/mol. The SMILES string of the molecule is CCCCCCCC(CCCCCC)N1CC2CCC(C1)O2. The minimum atomic E-state index is 0.553. The molecule has 0 aromatic rings. The van der Waals surface area contributed by atoms with Gasteiger partial charge in [-0.25, -0.2) is 0 Å². The van der Waals surface area contributed by atoms with E-state index in [0.717, 1.165) is 6.04 Å². The third-order valence-corrected chi connectivity index (χ3v) is 5.62. The van der Waals surface area contributed by atoms with Crippen molar-refractivity contribution in [2.24, 2.45) is 0 Å². The summed E-state index contributed by atoms with van der Waals surface area (Å²) in [7, 11) is 0. The molecule has 0 radical (unpaired) electrons. The lowest BCUT2D eigenvalue weighted by molar-refractivity contribution is -0.0554. The maximum atomic E-state index is 6.04. The second-order valence-electron chi connectivity index (χ2n) is 7.62. The second kappa shape index (κ2) is 10.6. The summed E-state index contributed by atoms with van der Waals surface area (Å²) >= 11 is 0. The molecule has 2 aliphatic rings. The van der Waals surface area contributed by atoms with Gasteiger partial charge in [-0.3, -0.25) is 4.90 Å². The van der Waals surface area contributed by atoms with Gasteiger partial charge in [0.05, 0.1) is 12.2 Å². The largest absolute Gasteiger partial charge is 0.372 e. The number of rotatable bonds is 12. The van der Waals surface area contributed by atoms with Gasteiger partial charge in [0.25, 0.3) is 0 Å². The topological polar surface area (TPSA) is 12.5 Å². The highest BCUT2D eigenvalue weighted by Crippen LogP contribution is 2.30. The molecule has 2 heterocycles. The van der Waals surface area contributed by atoms with E-state index in [4.69, 9.17) is 4.74 Å². The van der Waals surface area contributed by atoms with Crippen LogP contribution in [0, 0.1) is 0 Å². The summed E-state index contributed by atoms with van der Waals surface area (Å²) in [6.45, 7) is 7.04. The number of hydrogen-bond donors (Lipinski definition) is 0. The van der Waals surface area contributed by atoms with Crippen molar-refractivity contribution in [2.45, 2.75) is 116 Å². The Hall–Kier alpha value is -0.0800. The summed E-state index contributed by atoms with van der Waals surface area (Å²) in [5.74, 6) is 0. The van der Waals surface area contributed by atoms with Gasteiger partial charge >= 0.3 is 0 Å². The van der Waals surface area contributed by atoms with Crippen LogP contribution in [0.2, 0.25) is 0 Å². The lowest BCUT2D eigenvalue weighted by atomic mass is 9.98. The lowest BCUT2D eigenvalue weighted by Gasteiger charge is -2.38. The van der Waals surface area contributed by atoms with Gasteiger partial charge in [0.1, 0.15) is 0 Å². The molecule has 2 rings (SSSR count). The van der Waals surface area contributed by atoms with Crippen molar-refractivity contribution in [1.82, 2.24) is 4.90 Å². The van der Waals surface area contributed by atoms with Crippen LogP contribution in [-0.4, -0.2) is 36.2 Å². The summed E-state index contributed by atoms with van der Waals surface area (Å²) < 4.78 is 6.04. The van der Waals surface area contributed by atoms with Gasteiger partial charge < -0.3 is 4.74 Å². The number of morpholine rings is 1. The Bertz CT molecular complexity index is 269. The minimum absolute atomic E-state index is 0.553. The van der Waals surface area contributed by atoms with E-state index in [1.165, 1.54) is 96.6 Å². The smallest absolute Gasteiger partial charge is 0.0707 e. The molecular formula is C20H39NO. The zero-order chi connectivity index (χ0) is 15.6. The zero-order valence-corrected chi connectivity index (χ0v) is 15.2. The first-order valence-electron chi connectivity index (χ1n) is 10.2. The van der Waals surface area contributed by atoms with E-state index in [1.54, 1.807) is 0 Å². The van der Waals surface area contributed by atoms with E-state index >= 15 is 0 Å². The monoisotopic (exact) mass is 309 g/mol. The molecule has 2 nitrogen and oxygen atoms in total. The number of likely N-dealkylation sites (tertiary alicyclic amines) is 1. The van der Waals surface area contributed by atoms with Crippen molar-refractivity contribution in [3.8, 4) is 0 Å². The van der Waals surface area contributed by atoms with E-state index in [1.807, 2.05) is 0 Å². The van der Waals surface area contributed by atoms with Crippen molar-refractivity contribution < 1.29 is 4.74 Å². The van der Waals surface area contributed by atoms with Crippen LogP contribution in [0.25, 0.3) is 0 Å². The fourth-order valence-electron chi connectivity index (χ4n) is 4.24. The molecule has 2 aliphatic heterocycles. The van der Waals surface area contributed by atoms with Gasteiger partial charge in [0.15, 0.2) is 0 Å². The summed E-state index contributed by atoms with van der Waals surface area (Å²) in [5.41, 5.74) is 0. The Morgan fingerprint density at radius 3 is 1.82 bits per heavy atom. The van der Waals surface area contributed by atoms with Crippen molar-refractivity contribution in [3.63, 3.8) is 0 Å². The molecular weight excluding hydrogens is 270 g/mol. The Labute approximate surface area is 139 Å². The molecule has 0 aromatic carbocycles. The van der Waals surface area contributed by atoms with Crippen molar-refractivity contribution in [2.75, 3.05) is 13.1 Å². The molecule has 3 atom stereocenters.